The van der Waals surface area contributed by atoms with Gasteiger partial charge in [-0.2, -0.15) is 9.98 Å². The molecule has 0 atom stereocenters. The second kappa shape index (κ2) is 13.0. The first-order valence-corrected chi connectivity index (χ1v) is 7.00. The van der Waals surface area contributed by atoms with E-state index in [-0.39, 0.29) is 24.8 Å². The smallest absolute Gasteiger partial charge is 0.322 e. The normalized spacial score (nSPS) is 11.1. The fourth-order valence-electron chi connectivity index (χ4n) is 0.909. The van der Waals surface area contributed by atoms with Crippen molar-refractivity contribution in [1.82, 2.24) is 10.2 Å². The number of carbonyl (C=O) groups is 3. The van der Waals surface area contributed by atoms with E-state index < -0.39 is 24.3 Å². The summed E-state index contributed by atoms with van der Waals surface area (Å²) in [6, 6.07) is 0. The molecule has 6 N–H and O–H groups in total. The first-order chi connectivity index (χ1) is 10.6. The highest BCUT2D eigenvalue weighted by Gasteiger charge is 2.08. The second-order valence-electron chi connectivity index (χ2n) is 4.61. The zero-order chi connectivity index (χ0) is 18.4. The zero-order valence-electron chi connectivity index (χ0n) is 14.0. The lowest BCUT2D eigenvalue weighted by molar-refractivity contribution is -0.138. The van der Waals surface area contributed by atoms with Gasteiger partial charge in [0, 0.05) is 26.9 Å². The van der Waals surface area contributed by atoms with Crippen molar-refractivity contribution < 1.29 is 19.5 Å². The van der Waals surface area contributed by atoms with Gasteiger partial charge in [0.25, 0.3) is 0 Å². The Morgan fingerprint density at radius 2 is 1.61 bits per heavy atom. The molecule has 0 bridgehead atoms. The summed E-state index contributed by atoms with van der Waals surface area (Å²) in [5.74, 6) is -2.61. The minimum absolute atomic E-state index is 0.0817. The number of hydrogen-bond acceptors (Lipinski definition) is 3. The number of nitrogens with zero attached hydrogens (tertiary/aromatic N) is 3. The highest BCUT2D eigenvalue weighted by Crippen LogP contribution is 1.93. The molecule has 0 aliphatic carbocycles. The predicted molar refractivity (Wildman–Crippen MR) is 87.8 cm³/mol. The monoisotopic (exact) mass is 330 g/mol. The summed E-state index contributed by atoms with van der Waals surface area (Å²) >= 11 is 0. The average molecular weight is 330 g/mol. The average Bonchev–Trinajstić information content (AvgIpc) is 2.43. The lowest BCUT2D eigenvalue weighted by Gasteiger charge is -2.09. The molecule has 0 rings (SSSR count). The molecule has 132 valence electrons. The van der Waals surface area contributed by atoms with Gasteiger partial charge in [-0.05, 0) is 0 Å². The lowest BCUT2D eigenvalue weighted by atomic mass is 10.3. The molecule has 0 spiro atoms. The van der Waals surface area contributed by atoms with Gasteiger partial charge in [0.15, 0.2) is 5.96 Å². The molecule has 0 fully saturated rings. The molecule has 2 amide bonds. The third kappa shape index (κ3) is 15.6. The number of guanidine groups is 2. The number of aliphatic imine (C=N–C) groups is 2. The van der Waals surface area contributed by atoms with Crippen molar-refractivity contribution in [1.29, 1.82) is 0 Å². The predicted octanol–water partition coefficient (Wildman–Crippen LogP) is -0.899. The van der Waals surface area contributed by atoms with Crippen LogP contribution in [0.1, 0.15) is 33.1 Å². The standard InChI is InChI=1S/C10H18N6O4.C3H8/c1-16(2)10(12)15-9(11)14-7(18)4-3-6(17)13-5-8(19)20;1-3-2/h3-5H2,1-2H3,(H,13,17)(H,19,20)(H4,11,12,14,15,18);3H2,1-2H3. The third-order valence-electron chi connectivity index (χ3n) is 1.93. The van der Waals surface area contributed by atoms with Crippen LogP contribution in [0.2, 0.25) is 0 Å². The Morgan fingerprint density at radius 1 is 1.09 bits per heavy atom. The molecule has 0 aliphatic rings. The molecular formula is C13H26N6O4. The molecule has 0 saturated heterocycles. The summed E-state index contributed by atoms with van der Waals surface area (Å²) in [6.45, 7) is 3.75. The number of carboxylic acids is 1. The highest BCUT2D eigenvalue weighted by molar-refractivity contribution is 5.99. The van der Waals surface area contributed by atoms with Gasteiger partial charge in [-0.3, -0.25) is 14.4 Å². The Hall–Kier alpha value is -2.65. The maximum Gasteiger partial charge on any atom is 0.322 e. The van der Waals surface area contributed by atoms with E-state index in [9.17, 15) is 14.4 Å². The molecule has 0 unspecified atom stereocenters. The van der Waals surface area contributed by atoms with Crippen LogP contribution in [0.5, 0.6) is 0 Å². The van der Waals surface area contributed by atoms with Gasteiger partial charge in [-0.25, -0.2) is 0 Å². The summed E-state index contributed by atoms with van der Waals surface area (Å²) in [5, 5.41) is 10.5. The number of hydrogen-bond donors (Lipinski definition) is 4. The van der Waals surface area contributed by atoms with Crippen molar-refractivity contribution >= 4 is 29.7 Å². The summed E-state index contributed by atoms with van der Waals surface area (Å²) in [5.41, 5.74) is 10.8. The third-order valence-corrected chi connectivity index (χ3v) is 1.93. The summed E-state index contributed by atoms with van der Waals surface area (Å²) in [4.78, 5) is 41.3. The molecule has 0 saturated carbocycles. The van der Waals surface area contributed by atoms with Crippen LogP contribution in [0, 0.1) is 0 Å². The molecule has 0 aromatic carbocycles. The minimum Gasteiger partial charge on any atom is -0.480 e. The maximum atomic E-state index is 11.4. The van der Waals surface area contributed by atoms with Crippen molar-refractivity contribution in [3.05, 3.63) is 0 Å². The van der Waals surface area contributed by atoms with Crippen LogP contribution in [-0.4, -0.2) is 60.3 Å². The number of nitrogens with one attached hydrogen (secondary N) is 1. The zero-order valence-corrected chi connectivity index (χ0v) is 14.0. The Balaban J connectivity index is 0. The van der Waals surface area contributed by atoms with Gasteiger partial charge in [-0.1, -0.05) is 20.3 Å². The van der Waals surface area contributed by atoms with E-state index in [1.807, 2.05) is 0 Å². The van der Waals surface area contributed by atoms with Crippen LogP contribution in [0.25, 0.3) is 0 Å². The first-order valence-electron chi connectivity index (χ1n) is 7.00. The van der Waals surface area contributed by atoms with E-state index in [4.69, 9.17) is 16.6 Å². The van der Waals surface area contributed by atoms with E-state index in [2.05, 4.69) is 29.1 Å². The molecule has 10 nitrogen and oxygen atoms in total. The number of carboxylic acid groups (broad SMARTS) is 1. The van der Waals surface area contributed by atoms with Crippen LogP contribution in [0.4, 0.5) is 0 Å². The van der Waals surface area contributed by atoms with Crippen LogP contribution in [-0.2, 0) is 14.4 Å². The van der Waals surface area contributed by atoms with E-state index in [0.717, 1.165) is 0 Å². The largest absolute Gasteiger partial charge is 0.480 e. The van der Waals surface area contributed by atoms with Gasteiger partial charge in [0.05, 0.1) is 0 Å². The number of amides is 2. The lowest BCUT2D eigenvalue weighted by Crippen LogP contribution is -2.32. The van der Waals surface area contributed by atoms with Gasteiger partial charge < -0.3 is 26.8 Å². The Kier molecular flexibility index (Phi) is 12.8. The van der Waals surface area contributed by atoms with E-state index in [0.29, 0.717) is 0 Å². The van der Waals surface area contributed by atoms with Gasteiger partial charge in [0.1, 0.15) is 6.54 Å². The van der Waals surface area contributed by atoms with Crippen molar-refractivity contribution in [2.75, 3.05) is 20.6 Å². The molecule has 0 aromatic heterocycles. The Morgan fingerprint density at radius 3 is 2.04 bits per heavy atom. The molecule has 0 heterocycles. The SMILES string of the molecule is CCC.CN(C)/C(N)=N/C(N)=NC(=O)CCC(=O)NCC(=O)O. The van der Waals surface area contributed by atoms with Crippen molar-refractivity contribution in [3.63, 3.8) is 0 Å². The topological polar surface area (TPSA) is 163 Å². The number of carbonyl (C=O) groups excluding carboxylic acids is 2. The van der Waals surface area contributed by atoms with Crippen LogP contribution < -0.4 is 16.8 Å². The Labute approximate surface area is 135 Å². The van der Waals surface area contributed by atoms with Crippen LogP contribution in [0.3, 0.4) is 0 Å². The van der Waals surface area contributed by atoms with E-state index >= 15 is 0 Å². The molecule has 10 heteroatoms. The highest BCUT2D eigenvalue weighted by atomic mass is 16.4. The summed E-state index contributed by atoms with van der Waals surface area (Å²) in [7, 11) is 3.28. The van der Waals surface area contributed by atoms with Crippen LogP contribution >= 0.6 is 0 Å². The van der Waals surface area contributed by atoms with Crippen LogP contribution in [0.15, 0.2) is 9.98 Å². The Bertz CT molecular complexity index is 459. The number of nitrogens with two attached hydrogens (primary N) is 2. The summed E-state index contributed by atoms with van der Waals surface area (Å²) in [6.07, 6.45) is 0.860. The first kappa shape index (κ1) is 22.6. The van der Waals surface area contributed by atoms with Gasteiger partial charge in [0.2, 0.25) is 17.8 Å². The van der Waals surface area contributed by atoms with Gasteiger partial charge in [-0.15, -0.1) is 0 Å². The van der Waals surface area contributed by atoms with E-state index in [1.54, 1.807) is 14.1 Å². The van der Waals surface area contributed by atoms with Gasteiger partial charge >= 0.3 is 5.97 Å². The molecular weight excluding hydrogens is 304 g/mol. The minimum atomic E-state index is -1.17. The molecule has 23 heavy (non-hydrogen) atoms. The molecule has 0 aliphatic heterocycles. The second-order valence-corrected chi connectivity index (χ2v) is 4.61. The maximum absolute atomic E-state index is 11.4. The molecule has 0 aromatic rings. The number of aliphatic carboxylic acids is 1. The van der Waals surface area contributed by atoms with E-state index in [1.165, 1.54) is 11.3 Å². The van der Waals surface area contributed by atoms with Crippen molar-refractivity contribution in [2.24, 2.45) is 21.5 Å². The molecule has 0 radical (unpaired) electrons. The fourth-order valence-corrected chi connectivity index (χ4v) is 0.909. The quantitative estimate of drug-likeness (QED) is 0.375. The van der Waals surface area contributed by atoms with Crippen molar-refractivity contribution in [2.45, 2.75) is 33.1 Å². The number of rotatable bonds is 5. The fraction of sp³-hybridized carbons (Fsp3) is 0.615. The van der Waals surface area contributed by atoms with Crippen molar-refractivity contribution in [3.8, 4) is 0 Å². The summed E-state index contributed by atoms with van der Waals surface area (Å²) < 4.78 is 0.